The molecule has 3 heteroatoms. The number of aliphatic hydroxyl groups is 1. The van der Waals surface area contributed by atoms with Crippen LogP contribution in [0.25, 0.3) is 0 Å². The lowest BCUT2D eigenvalue weighted by Gasteiger charge is -2.51. The quantitative estimate of drug-likeness (QED) is 0.771. The van der Waals surface area contributed by atoms with Crippen LogP contribution in [0, 0.1) is 16.7 Å². The highest BCUT2D eigenvalue weighted by atomic mass is 35.5. The third-order valence-corrected chi connectivity index (χ3v) is 6.45. The zero-order valence-electron chi connectivity index (χ0n) is 11.6. The van der Waals surface area contributed by atoms with Crippen molar-refractivity contribution in [2.45, 2.75) is 45.6 Å². The van der Waals surface area contributed by atoms with Gasteiger partial charge in [-0.15, -0.1) is 0 Å². The first-order valence-electron chi connectivity index (χ1n) is 6.90. The number of halogens is 2. The van der Waals surface area contributed by atoms with Gasteiger partial charge in [0.05, 0.1) is 0 Å². The van der Waals surface area contributed by atoms with Crippen LogP contribution in [0.3, 0.4) is 0 Å². The summed E-state index contributed by atoms with van der Waals surface area (Å²) in [6.45, 7) is 6.53. The fourth-order valence-electron chi connectivity index (χ4n) is 4.71. The third-order valence-electron chi connectivity index (χ3n) is 5.89. The van der Waals surface area contributed by atoms with Crippen LogP contribution in [-0.4, -0.2) is 5.11 Å². The largest absolute Gasteiger partial charge is 0.384 e. The van der Waals surface area contributed by atoms with E-state index < -0.39 is 5.60 Å². The Labute approximate surface area is 124 Å². The fraction of sp³-hybridized carbons (Fsp3) is 0.625. The van der Waals surface area contributed by atoms with Crippen molar-refractivity contribution < 1.29 is 5.11 Å². The summed E-state index contributed by atoms with van der Waals surface area (Å²) in [6, 6.07) is 5.42. The van der Waals surface area contributed by atoms with Crippen LogP contribution in [0.4, 0.5) is 0 Å². The van der Waals surface area contributed by atoms with Gasteiger partial charge < -0.3 is 5.11 Å². The van der Waals surface area contributed by atoms with Crippen molar-refractivity contribution in [2.75, 3.05) is 0 Å². The molecule has 0 aliphatic heterocycles. The van der Waals surface area contributed by atoms with E-state index in [9.17, 15) is 5.11 Å². The summed E-state index contributed by atoms with van der Waals surface area (Å²) in [6.07, 6.45) is 3.32. The zero-order chi connectivity index (χ0) is 14.1. The van der Waals surface area contributed by atoms with E-state index in [1.54, 1.807) is 12.1 Å². The van der Waals surface area contributed by atoms with Gasteiger partial charge in [-0.2, -0.15) is 0 Å². The van der Waals surface area contributed by atoms with Gasteiger partial charge in [0.25, 0.3) is 0 Å². The molecule has 3 unspecified atom stereocenters. The Kier molecular flexibility index (Phi) is 2.82. The van der Waals surface area contributed by atoms with Gasteiger partial charge >= 0.3 is 0 Å². The lowest BCUT2D eigenvalue weighted by molar-refractivity contribution is -0.150. The molecule has 0 spiro atoms. The van der Waals surface area contributed by atoms with Gasteiger partial charge in [0.1, 0.15) is 5.60 Å². The van der Waals surface area contributed by atoms with E-state index in [0.29, 0.717) is 16.0 Å². The van der Waals surface area contributed by atoms with Gasteiger partial charge in [0.15, 0.2) is 0 Å². The van der Waals surface area contributed by atoms with Crippen molar-refractivity contribution in [1.82, 2.24) is 0 Å². The molecule has 0 radical (unpaired) electrons. The molecule has 3 rings (SSSR count). The van der Waals surface area contributed by atoms with E-state index in [0.717, 1.165) is 18.4 Å². The average Bonchev–Trinajstić information content (AvgIpc) is 2.80. The molecule has 1 nitrogen and oxygen atoms in total. The second kappa shape index (κ2) is 3.90. The Bertz CT molecular complexity index is 533. The van der Waals surface area contributed by atoms with E-state index in [2.05, 4.69) is 20.8 Å². The Morgan fingerprint density at radius 2 is 1.89 bits per heavy atom. The van der Waals surface area contributed by atoms with Gasteiger partial charge in [0, 0.05) is 26.4 Å². The number of hydrogen-bond acceptors (Lipinski definition) is 1. The van der Waals surface area contributed by atoms with Gasteiger partial charge in [0.2, 0.25) is 0 Å². The van der Waals surface area contributed by atoms with Crippen LogP contribution in [0.1, 0.15) is 45.6 Å². The molecular formula is C16H20Cl2O. The van der Waals surface area contributed by atoms with Crippen LogP contribution < -0.4 is 0 Å². The summed E-state index contributed by atoms with van der Waals surface area (Å²) < 4.78 is 0. The van der Waals surface area contributed by atoms with Gasteiger partial charge in [-0.3, -0.25) is 0 Å². The highest BCUT2D eigenvalue weighted by Gasteiger charge is 2.69. The van der Waals surface area contributed by atoms with Crippen molar-refractivity contribution in [3.63, 3.8) is 0 Å². The molecule has 2 fully saturated rings. The summed E-state index contributed by atoms with van der Waals surface area (Å²) in [5.74, 6) is 0.553. The highest BCUT2D eigenvalue weighted by molar-refractivity contribution is 6.33. The molecule has 1 aromatic rings. The fourth-order valence-corrected chi connectivity index (χ4v) is 5.13. The molecule has 104 valence electrons. The van der Waals surface area contributed by atoms with E-state index in [1.807, 2.05) is 6.07 Å². The maximum absolute atomic E-state index is 11.6. The molecule has 2 bridgehead atoms. The zero-order valence-corrected chi connectivity index (χ0v) is 13.1. The van der Waals surface area contributed by atoms with Gasteiger partial charge in [-0.1, -0.05) is 44.0 Å². The first-order valence-corrected chi connectivity index (χ1v) is 7.66. The molecule has 1 aromatic carbocycles. The maximum atomic E-state index is 11.6. The summed E-state index contributed by atoms with van der Waals surface area (Å²) >= 11 is 12.5. The van der Waals surface area contributed by atoms with Crippen molar-refractivity contribution in [3.8, 4) is 0 Å². The topological polar surface area (TPSA) is 20.2 Å². The lowest BCUT2D eigenvalue weighted by atomic mass is 9.58. The van der Waals surface area contributed by atoms with Crippen LogP contribution in [0.5, 0.6) is 0 Å². The first-order chi connectivity index (χ1) is 8.72. The Balaban J connectivity index is 2.24. The SMILES string of the molecule is CC12CCC(C1)C(C)(C)C2(O)c1cc(Cl)ccc1Cl. The van der Waals surface area contributed by atoms with Crippen molar-refractivity contribution >= 4 is 23.2 Å². The van der Waals surface area contributed by atoms with E-state index in [4.69, 9.17) is 23.2 Å². The number of hydrogen-bond donors (Lipinski definition) is 1. The molecule has 0 aromatic heterocycles. The molecule has 0 heterocycles. The molecular weight excluding hydrogens is 279 g/mol. The normalized spacial score (nSPS) is 39.8. The second-order valence-electron chi connectivity index (χ2n) is 7.06. The van der Waals surface area contributed by atoms with Crippen molar-refractivity contribution in [1.29, 1.82) is 0 Å². The molecule has 3 atom stereocenters. The predicted molar refractivity (Wildman–Crippen MR) is 79.6 cm³/mol. The van der Waals surface area contributed by atoms with Crippen LogP contribution in [0.15, 0.2) is 18.2 Å². The van der Waals surface area contributed by atoms with E-state index >= 15 is 0 Å². The van der Waals surface area contributed by atoms with Crippen LogP contribution >= 0.6 is 23.2 Å². The number of benzene rings is 1. The lowest BCUT2D eigenvalue weighted by Crippen LogP contribution is -2.51. The van der Waals surface area contributed by atoms with Crippen LogP contribution in [0.2, 0.25) is 10.0 Å². The Morgan fingerprint density at radius 3 is 2.47 bits per heavy atom. The smallest absolute Gasteiger partial charge is 0.102 e. The van der Waals surface area contributed by atoms with Gasteiger partial charge in [-0.25, -0.2) is 0 Å². The second-order valence-corrected chi connectivity index (χ2v) is 7.90. The Morgan fingerprint density at radius 1 is 1.21 bits per heavy atom. The number of rotatable bonds is 1. The van der Waals surface area contributed by atoms with Crippen molar-refractivity contribution in [2.24, 2.45) is 16.7 Å². The average molecular weight is 299 g/mol. The molecule has 1 N–H and O–H groups in total. The van der Waals surface area contributed by atoms with Crippen LogP contribution in [-0.2, 0) is 5.60 Å². The summed E-state index contributed by atoms with van der Waals surface area (Å²) in [5, 5.41) is 12.9. The molecule has 2 saturated carbocycles. The summed E-state index contributed by atoms with van der Waals surface area (Å²) in [7, 11) is 0. The Hall–Kier alpha value is -0.240. The summed E-state index contributed by atoms with van der Waals surface area (Å²) in [5.41, 5.74) is -0.370. The minimum Gasteiger partial charge on any atom is -0.384 e. The monoisotopic (exact) mass is 298 g/mol. The molecule has 0 saturated heterocycles. The molecule has 0 amide bonds. The molecule has 19 heavy (non-hydrogen) atoms. The predicted octanol–water partition coefficient (Wildman–Crippen LogP) is 5.03. The molecule has 2 aliphatic carbocycles. The minimum atomic E-state index is -0.898. The van der Waals surface area contributed by atoms with E-state index in [-0.39, 0.29) is 10.8 Å². The highest BCUT2D eigenvalue weighted by Crippen LogP contribution is 2.72. The summed E-state index contributed by atoms with van der Waals surface area (Å²) in [4.78, 5) is 0. The third kappa shape index (κ3) is 1.53. The maximum Gasteiger partial charge on any atom is 0.102 e. The first kappa shape index (κ1) is 13.7. The standard InChI is InChI=1S/C16H20Cl2O/c1-14(2)10-6-7-15(3,9-10)16(14,19)12-8-11(17)4-5-13(12)18/h4-5,8,10,19H,6-7,9H2,1-3H3. The minimum absolute atomic E-state index is 0.102. The number of fused-ring (bicyclic) bond motifs is 2. The van der Waals surface area contributed by atoms with Crippen molar-refractivity contribution in [3.05, 3.63) is 33.8 Å². The van der Waals surface area contributed by atoms with Gasteiger partial charge in [-0.05, 0) is 43.4 Å². The molecule has 2 aliphatic rings. The van der Waals surface area contributed by atoms with E-state index in [1.165, 1.54) is 6.42 Å².